The monoisotopic (exact) mass is 243 g/mol. The van der Waals surface area contributed by atoms with Crippen LogP contribution >= 0.6 is 11.6 Å². The van der Waals surface area contributed by atoms with Gasteiger partial charge in [-0.15, -0.1) is 0 Å². The smallest absolute Gasteiger partial charge is 0.545 e. The second kappa shape index (κ2) is 5.15. The summed E-state index contributed by atoms with van der Waals surface area (Å²) in [5.41, 5.74) is 1.60. The molecular formula is C11H7ClNNaO2. The third-order valence-corrected chi connectivity index (χ3v) is 2.58. The van der Waals surface area contributed by atoms with Gasteiger partial charge in [0.25, 0.3) is 0 Å². The Bertz CT molecular complexity index is 557. The van der Waals surface area contributed by atoms with E-state index >= 15 is 0 Å². The van der Waals surface area contributed by atoms with Crippen LogP contribution in [-0.2, 0) is 0 Å². The molecular weight excluding hydrogens is 237 g/mol. The normalized spacial score (nSPS) is 9.88. The van der Waals surface area contributed by atoms with Gasteiger partial charge in [0.15, 0.2) is 0 Å². The van der Waals surface area contributed by atoms with Crippen molar-refractivity contribution in [1.82, 2.24) is 4.98 Å². The zero-order valence-corrected chi connectivity index (χ0v) is 11.7. The first kappa shape index (κ1) is 13.5. The van der Waals surface area contributed by atoms with Crippen LogP contribution in [0.1, 0.15) is 15.9 Å². The molecule has 0 amide bonds. The van der Waals surface area contributed by atoms with Gasteiger partial charge in [0.1, 0.15) is 0 Å². The number of halogens is 1. The molecule has 16 heavy (non-hydrogen) atoms. The standard InChI is InChI=1S/C11H8ClNO2.Na/c1-6-2-3-9-7(4-6)10(12)8(5-13-9)11(14)15;/h2-5H,1H3,(H,14,15);/q;+1/p-1. The van der Waals surface area contributed by atoms with Gasteiger partial charge in [-0.25, -0.2) is 0 Å². The van der Waals surface area contributed by atoms with Crippen LogP contribution in [-0.4, -0.2) is 11.0 Å². The summed E-state index contributed by atoms with van der Waals surface area (Å²) in [6, 6.07) is 5.50. The van der Waals surface area contributed by atoms with Crippen LogP contribution in [0.3, 0.4) is 0 Å². The number of aromatic nitrogens is 1. The molecule has 0 saturated heterocycles. The number of pyridine rings is 1. The van der Waals surface area contributed by atoms with Gasteiger partial charge >= 0.3 is 29.6 Å². The van der Waals surface area contributed by atoms with Crippen molar-refractivity contribution in [3.8, 4) is 0 Å². The molecule has 0 atom stereocenters. The van der Waals surface area contributed by atoms with Crippen molar-refractivity contribution < 1.29 is 39.5 Å². The quantitative estimate of drug-likeness (QED) is 0.577. The Morgan fingerprint density at radius 1 is 1.44 bits per heavy atom. The van der Waals surface area contributed by atoms with Gasteiger partial charge in [0.05, 0.1) is 16.5 Å². The van der Waals surface area contributed by atoms with Crippen molar-refractivity contribution in [3.05, 3.63) is 40.5 Å². The van der Waals surface area contributed by atoms with Crippen LogP contribution < -0.4 is 34.7 Å². The number of aryl methyl sites for hydroxylation is 1. The van der Waals surface area contributed by atoms with Crippen LogP contribution in [0.25, 0.3) is 10.9 Å². The molecule has 2 aromatic rings. The number of carboxylic acids is 1. The zero-order valence-electron chi connectivity index (χ0n) is 8.95. The van der Waals surface area contributed by atoms with Crippen LogP contribution in [0.5, 0.6) is 0 Å². The molecule has 1 heterocycles. The number of fused-ring (bicyclic) bond motifs is 1. The van der Waals surface area contributed by atoms with Crippen LogP contribution in [0.4, 0.5) is 0 Å². The van der Waals surface area contributed by atoms with Crippen LogP contribution in [0.15, 0.2) is 24.4 Å². The number of benzene rings is 1. The van der Waals surface area contributed by atoms with Gasteiger partial charge in [0.2, 0.25) is 0 Å². The molecule has 1 aromatic carbocycles. The largest absolute Gasteiger partial charge is 1.00 e. The maximum Gasteiger partial charge on any atom is 1.00 e. The van der Waals surface area contributed by atoms with E-state index < -0.39 is 5.97 Å². The number of carboxylic acid groups (broad SMARTS) is 1. The Kier molecular flexibility index (Phi) is 4.33. The summed E-state index contributed by atoms with van der Waals surface area (Å²) in [5, 5.41) is 11.5. The number of carbonyl (C=O) groups is 1. The second-order valence-corrected chi connectivity index (χ2v) is 3.67. The van der Waals surface area contributed by atoms with Gasteiger partial charge in [-0.3, -0.25) is 4.98 Å². The van der Waals surface area contributed by atoms with Crippen LogP contribution in [0.2, 0.25) is 5.02 Å². The fourth-order valence-corrected chi connectivity index (χ4v) is 1.69. The molecule has 0 N–H and O–H groups in total. The van der Waals surface area contributed by atoms with E-state index in [0.717, 1.165) is 5.56 Å². The molecule has 1 aromatic heterocycles. The van der Waals surface area contributed by atoms with Crippen molar-refractivity contribution >= 4 is 28.5 Å². The minimum Gasteiger partial charge on any atom is -0.545 e. The molecule has 0 unspecified atom stereocenters. The van der Waals surface area contributed by atoms with E-state index in [0.29, 0.717) is 10.9 Å². The topological polar surface area (TPSA) is 53.0 Å². The third-order valence-electron chi connectivity index (χ3n) is 2.18. The van der Waals surface area contributed by atoms with E-state index in [-0.39, 0.29) is 40.1 Å². The predicted molar refractivity (Wildman–Crippen MR) is 55.8 cm³/mol. The van der Waals surface area contributed by atoms with E-state index in [1.54, 1.807) is 12.1 Å². The molecule has 0 spiro atoms. The van der Waals surface area contributed by atoms with Gasteiger partial charge in [-0.05, 0) is 19.1 Å². The average Bonchev–Trinajstić information content (AvgIpc) is 2.19. The molecule has 2 rings (SSSR count). The zero-order chi connectivity index (χ0) is 11.0. The number of nitrogens with zero attached hydrogens (tertiary/aromatic N) is 1. The minimum absolute atomic E-state index is 0. The first-order valence-electron chi connectivity index (χ1n) is 4.36. The van der Waals surface area contributed by atoms with Gasteiger partial charge in [-0.2, -0.15) is 0 Å². The number of aromatic carboxylic acids is 1. The van der Waals surface area contributed by atoms with Crippen LogP contribution in [0, 0.1) is 6.92 Å². The first-order valence-corrected chi connectivity index (χ1v) is 4.73. The van der Waals surface area contributed by atoms with E-state index in [2.05, 4.69) is 4.98 Å². The summed E-state index contributed by atoms with van der Waals surface area (Å²) in [6.45, 7) is 1.90. The molecule has 76 valence electrons. The first-order chi connectivity index (χ1) is 7.09. The van der Waals surface area contributed by atoms with E-state index in [1.807, 2.05) is 13.0 Å². The summed E-state index contributed by atoms with van der Waals surface area (Å²) >= 11 is 5.95. The number of hydrogen-bond donors (Lipinski definition) is 0. The Labute approximate surface area is 120 Å². The number of rotatable bonds is 1. The molecule has 0 fully saturated rings. The predicted octanol–water partition coefficient (Wildman–Crippen LogP) is -1.44. The summed E-state index contributed by atoms with van der Waals surface area (Å²) in [6.07, 6.45) is 1.22. The Morgan fingerprint density at radius 3 is 2.75 bits per heavy atom. The fourth-order valence-electron chi connectivity index (χ4n) is 1.42. The van der Waals surface area contributed by atoms with Gasteiger partial charge in [0, 0.05) is 17.1 Å². The van der Waals surface area contributed by atoms with E-state index in [1.165, 1.54) is 6.20 Å². The molecule has 0 radical (unpaired) electrons. The molecule has 5 heteroatoms. The molecule has 0 saturated carbocycles. The van der Waals surface area contributed by atoms with E-state index in [4.69, 9.17) is 11.6 Å². The Balaban J connectivity index is 0.00000128. The second-order valence-electron chi connectivity index (χ2n) is 3.29. The molecule has 0 aliphatic rings. The summed E-state index contributed by atoms with van der Waals surface area (Å²) < 4.78 is 0. The molecule has 0 aliphatic heterocycles. The molecule has 3 nitrogen and oxygen atoms in total. The average molecular weight is 244 g/mol. The summed E-state index contributed by atoms with van der Waals surface area (Å²) in [5.74, 6) is -1.31. The van der Waals surface area contributed by atoms with Crippen molar-refractivity contribution in [1.29, 1.82) is 0 Å². The Morgan fingerprint density at radius 2 is 2.12 bits per heavy atom. The van der Waals surface area contributed by atoms with Crippen molar-refractivity contribution in [2.75, 3.05) is 0 Å². The summed E-state index contributed by atoms with van der Waals surface area (Å²) in [7, 11) is 0. The summed E-state index contributed by atoms with van der Waals surface area (Å²) in [4.78, 5) is 14.7. The SMILES string of the molecule is Cc1ccc2ncc(C(=O)[O-])c(Cl)c2c1.[Na+]. The van der Waals surface area contributed by atoms with Gasteiger partial charge < -0.3 is 9.90 Å². The third kappa shape index (κ3) is 2.38. The number of hydrogen-bond acceptors (Lipinski definition) is 3. The maximum absolute atomic E-state index is 10.7. The van der Waals surface area contributed by atoms with Crippen molar-refractivity contribution in [3.63, 3.8) is 0 Å². The molecule has 0 bridgehead atoms. The van der Waals surface area contributed by atoms with E-state index in [9.17, 15) is 9.90 Å². The fraction of sp³-hybridized carbons (Fsp3) is 0.0909. The maximum atomic E-state index is 10.7. The Hall–Kier alpha value is -0.610. The van der Waals surface area contributed by atoms with Gasteiger partial charge in [-0.1, -0.05) is 23.2 Å². The van der Waals surface area contributed by atoms with Crippen molar-refractivity contribution in [2.45, 2.75) is 6.92 Å². The molecule has 0 aliphatic carbocycles. The number of carbonyl (C=O) groups excluding carboxylic acids is 1. The minimum atomic E-state index is -1.31. The van der Waals surface area contributed by atoms with Crippen molar-refractivity contribution in [2.24, 2.45) is 0 Å².